The standard InChI is InChI=1S/C16H16N4O2S/c1-3-8-17-15(22)12-4-6-13(7-5-12)19-14(21)11-23-16-18-9-10-20(16)2/h1,4-7,9-10H,8,11H2,2H3,(H,17,22)(H,19,21). The summed E-state index contributed by atoms with van der Waals surface area (Å²) in [7, 11) is 1.87. The van der Waals surface area contributed by atoms with Gasteiger partial charge >= 0.3 is 0 Å². The summed E-state index contributed by atoms with van der Waals surface area (Å²) in [5, 5.41) is 6.13. The van der Waals surface area contributed by atoms with Crippen LogP contribution in [0.2, 0.25) is 0 Å². The molecule has 0 saturated carbocycles. The van der Waals surface area contributed by atoms with E-state index in [0.717, 1.165) is 5.16 Å². The Morgan fingerprint density at radius 2 is 2.09 bits per heavy atom. The molecule has 2 N–H and O–H groups in total. The normalized spacial score (nSPS) is 9.91. The number of hydrogen-bond donors (Lipinski definition) is 2. The predicted octanol–water partition coefficient (Wildman–Crippen LogP) is 1.51. The van der Waals surface area contributed by atoms with E-state index in [-0.39, 0.29) is 24.1 Å². The van der Waals surface area contributed by atoms with Crippen LogP contribution in [0.5, 0.6) is 0 Å². The molecule has 118 valence electrons. The van der Waals surface area contributed by atoms with E-state index in [1.54, 1.807) is 30.5 Å². The number of aryl methyl sites for hydroxylation is 1. The molecule has 0 unspecified atom stereocenters. The van der Waals surface area contributed by atoms with Crippen molar-refractivity contribution in [2.75, 3.05) is 17.6 Å². The lowest BCUT2D eigenvalue weighted by Gasteiger charge is -2.06. The average Bonchev–Trinajstić information content (AvgIpc) is 2.96. The second-order valence-electron chi connectivity index (χ2n) is 4.62. The van der Waals surface area contributed by atoms with Crippen LogP contribution in [0.1, 0.15) is 10.4 Å². The number of anilines is 1. The molecule has 2 rings (SSSR count). The summed E-state index contributed by atoms with van der Waals surface area (Å²) in [6.07, 6.45) is 8.59. The number of nitrogens with one attached hydrogen (secondary N) is 2. The first-order valence-corrected chi connectivity index (χ1v) is 7.80. The zero-order valence-electron chi connectivity index (χ0n) is 12.6. The second-order valence-corrected chi connectivity index (χ2v) is 5.56. The summed E-state index contributed by atoms with van der Waals surface area (Å²) in [5.74, 6) is 2.22. The topological polar surface area (TPSA) is 76.0 Å². The number of benzene rings is 1. The van der Waals surface area contributed by atoms with Gasteiger partial charge in [-0.2, -0.15) is 0 Å². The van der Waals surface area contributed by atoms with Crippen molar-refractivity contribution in [2.24, 2.45) is 7.05 Å². The number of rotatable bonds is 6. The minimum atomic E-state index is -0.244. The van der Waals surface area contributed by atoms with E-state index in [1.165, 1.54) is 11.8 Å². The Labute approximate surface area is 138 Å². The van der Waals surface area contributed by atoms with Crippen LogP contribution in [0.4, 0.5) is 5.69 Å². The molecule has 0 bridgehead atoms. The molecule has 0 aliphatic carbocycles. The zero-order chi connectivity index (χ0) is 16.7. The Morgan fingerprint density at radius 3 is 2.70 bits per heavy atom. The molecule has 0 atom stereocenters. The quantitative estimate of drug-likeness (QED) is 0.623. The van der Waals surface area contributed by atoms with E-state index in [2.05, 4.69) is 21.5 Å². The summed E-state index contributed by atoms with van der Waals surface area (Å²) in [4.78, 5) is 27.7. The Bertz CT molecular complexity index is 731. The fourth-order valence-electron chi connectivity index (χ4n) is 1.76. The van der Waals surface area contributed by atoms with E-state index in [9.17, 15) is 9.59 Å². The van der Waals surface area contributed by atoms with E-state index in [4.69, 9.17) is 6.42 Å². The third-order valence-corrected chi connectivity index (χ3v) is 3.95. The summed E-state index contributed by atoms with van der Waals surface area (Å²) < 4.78 is 1.85. The van der Waals surface area contributed by atoms with Gasteiger partial charge in [0, 0.05) is 30.7 Å². The van der Waals surface area contributed by atoms with Gasteiger partial charge in [0.15, 0.2) is 5.16 Å². The maximum atomic E-state index is 11.9. The number of aromatic nitrogens is 2. The van der Waals surface area contributed by atoms with Gasteiger partial charge in [-0.15, -0.1) is 6.42 Å². The molecular formula is C16H16N4O2S. The van der Waals surface area contributed by atoms with E-state index in [0.29, 0.717) is 11.3 Å². The number of thioether (sulfide) groups is 1. The van der Waals surface area contributed by atoms with E-state index in [1.807, 2.05) is 17.8 Å². The van der Waals surface area contributed by atoms with Crippen molar-refractivity contribution in [3.8, 4) is 12.3 Å². The van der Waals surface area contributed by atoms with Gasteiger partial charge in [-0.05, 0) is 24.3 Å². The van der Waals surface area contributed by atoms with Crippen molar-refractivity contribution in [3.05, 3.63) is 42.2 Å². The minimum Gasteiger partial charge on any atom is -0.341 e. The monoisotopic (exact) mass is 328 g/mol. The van der Waals surface area contributed by atoms with Crippen LogP contribution in [-0.4, -0.2) is 33.7 Å². The molecule has 6 nitrogen and oxygen atoms in total. The van der Waals surface area contributed by atoms with Crippen LogP contribution in [0.3, 0.4) is 0 Å². The predicted molar refractivity (Wildman–Crippen MR) is 90.2 cm³/mol. The Balaban J connectivity index is 1.85. The largest absolute Gasteiger partial charge is 0.341 e. The van der Waals surface area contributed by atoms with Crippen LogP contribution >= 0.6 is 11.8 Å². The zero-order valence-corrected chi connectivity index (χ0v) is 13.4. The molecule has 2 amide bonds. The molecule has 1 aromatic carbocycles. The Kier molecular flexibility index (Phi) is 5.83. The first-order valence-electron chi connectivity index (χ1n) is 6.82. The fraction of sp³-hybridized carbons (Fsp3) is 0.188. The number of terminal acetylenes is 1. The van der Waals surface area contributed by atoms with Crippen molar-refractivity contribution in [1.82, 2.24) is 14.9 Å². The van der Waals surface area contributed by atoms with Crippen molar-refractivity contribution < 1.29 is 9.59 Å². The summed E-state index contributed by atoms with van der Waals surface area (Å²) in [5.41, 5.74) is 1.12. The first kappa shape index (κ1) is 16.6. The van der Waals surface area contributed by atoms with Crippen molar-refractivity contribution in [1.29, 1.82) is 0 Å². The highest BCUT2D eigenvalue weighted by atomic mass is 32.2. The molecule has 0 aliphatic rings. The highest BCUT2D eigenvalue weighted by Crippen LogP contribution is 2.15. The number of nitrogens with zero attached hydrogens (tertiary/aromatic N) is 2. The smallest absolute Gasteiger partial charge is 0.252 e. The summed E-state index contributed by atoms with van der Waals surface area (Å²) >= 11 is 1.36. The van der Waals surface area contributed by atoms with Crippen molar-refractivity contribution in [3.63, 3.8) is 0 Å². The van der Waals surface area contributed by atoms with Crippen LogP contribution in [0.25, 0.3) is 0 Å². The maximum absolute atomic E-state index is 11.9. The van der Waals surface area contributed by atoms with Crippen LogP contribution in [0, 0.1) is 12.3 Å². The molecule has 2 aromatic rings. The molecule has 1 heterocycles. The summed E-state index contributed by atoms with van der Waals surface area (Å²) in [6, 6.07) is 6.61. The molecular weight excluding hydrogens is 312 g/mol. The molecule has 0 spiro atoms. The lowest BCUT2D eigenvalue weighted by atomic mass is 10.2. The Hall–Kier alpha value is -2.72. The summed E-state index contributed by atoms with van der Waals surface area (Å²) in [6.45, 7) is 0.182. The number of carbonyl (C=O) groups is 2. The first-order chi connectivity index (χ1) is 11.1. The van der Waals surface area contributed by atoms with Gasteiger partial charge in [-0.3, -0.25) is 9.59 Å². The van der Waals surface area contributed by atoms with Crippen molar-refractivity contribution in [2.45, 2.75) is 5.16 Å². The second kappa shape index (κ2) is 8.06. The van der Waals surface area contributed by atoms with Gasteiger partial charge in [0.05, 0.1) is 12.3 Å². The third kappa shape index (κ3) is 4.90. The third-order valence-electron chi connectivity index (χ3n) is 2.89. The lowest BCUT2D eigenvalue weighted by Crippen LogP contribution is -2.23. The molecule has 0 saturated heterocycles. The van der Waals surface area contributed by atoms with Gasteiger partial charge < -0.3 is 15.2 Å². The molecule has 0 aliphatic heterocycles. The van der Waals surface area contributed by atoms with Crippen LogP contribution in [-0.2, 0) is 11.8 Å². The number of hydrogen-bond acceptors (Lipinski definition) is 4. The van der Waals surface area contributed by atoms with Gasteiger partial charge in [0.2, 0.25) is 5.91 Å². The fourth-order valence-corrected chi connectivity index (χ4v) is 2.49. The number of carbonyl (C=O) groups excluding carboxylic acids is 2. The highest BCUT2D eigenvalue weighted by molar-refractivity contribution is 7.99. The molecule has 23 heavy (non-hydrogen) atoms. The van der Waals surface area contributed by atoms with Gasteiger partial charge in [0.25, 0.3) is 5.91 Å². The van der Waals surface area contributed by atoms with Gasteiger partial charge in [-0.1, -0.05) is 17.7 Å². The highest BCUT2D eigenvalue weighted by Gasteiger charge is 2.08. The van der Waals surface area contributed by atoms with Gasteiger partial charge in [-0.25, -0.2) is 4.98 Å². The van der Waals surface area contributed by atoms with E-state index < -0.39 is 0 Å². The molecule has 0 radical (unpaired) electrons. The minimum absolute atomic E-state index is 0.137. The Morgan fingerprint density at radius 1 is 1.35 bits per heavy atom. The lowest BCUT2D eigenvalue weighted by molar-refractivity contribution is -0.113. The van der Waals surface area contributed by atoms with Crippen LogP contribution < -0.4 is 10.6 Å². The van der Waals surface area contributed by atoms with Crippen molar-refractivity contribution >= 4 is 29.3 Å². The molecule has 7 heteroatoms. The van der Waals surface area contributed by atoms with Gasteiger partial charge in [0.1, 0.15) is 0 Å². The molecule has 0 fully saturated rings. The number of imidazole rings is 1. The SMILES string of the molecule is C#CCNC(=O)c1ccc(NC(=O)CSc2nccn2C)cc1. The maximum Gasteiger partial charge on any atom is 0.252 e. The average molecular weight is 328 g/mol. The van der Waals surface area contributed by atoms with Crippen LogP contribution in [0.15, 0.2) is 41.8 Å². The van der Waals surface area contributed by atoms with E-state index >= 15 is 0 Å². The molecule has 1 aromatic heterocycles. The number of amides is 2.